The van der Waals surface area contributed by atoms with Crippen LogP contribution in [0.1, 0.15) is 46.0 Å². The van der Waals surface area contributed by atoms with Crippen LogP contribution in [0.5, 0.6) is 0 Å². The summed E-state index contributed by atoms with van der Waals surface area (Å²) >= 11 is 0. The van der Waals surface area contributed by atoms with E-state index in [0.29, 0.717) is 17.9 Å². The molecule has 0 aromatic heterocycles. The molecule has 3 heterocycles. The molecule has 0 aromatic carbocycles. The summed E-state index contributed by atoms with van der Waals surface area (Å²) in [6, 6.07) is 0.537. The van der Waals surface area contributed by atoms with Crippen LogP contribution in [0.3, 0.4) is 0 Å². The molecule has 3 atom stereocenters. The van der Waals surface area contributed by atoms with Gasteiger partial charge in [0.05, 0.1) is 0 Å². The third-order valence-electron chi connectivity index (χ3n) is 6.25. The van der Waals surface area contributed by atoms with Gasteiger partial charge in [-0.1, -0.05) is 11.6 Å². The van der Waals surface area contributed by atoms with Crippen LogP contribution in [-0.2, 0) is 0 Å². The third kappa shape index (κ3) is 2.99. The first-order valence-electron chi connectivity index (χ1n) is 9.70. The number of likely N-dealkylation sites (N-methyl/N-ethyl adjacent to an activating group) is 1. The van der Waals surface area contributed by atoms with Gasteiger partial charge in [-0.05, 0) is 64.1 Å². The molecule has 0 radical (unpaired) electrons. The lowest BCUT2D eigenvalue weighted by atomic mass is 9.86. The molecule has 0 bridgehead atoms. The molecule has 3 heteroatoms. The van der Waals surface area contributed by atoms with Crippen molar-refractivity contribution in [3.8, 4) is 0 Å². The van der Waals surface area contributed by atoms with Gasteiger partial charge < -0.3 is 9.80 Å². The second-order valence-electron chi connectivity index (χ2n) is 8.25. The van der Waals surface area contributed by atoms with Gasteiger partial charge in [0.25, 0.3) is 0 Å². The molecule has 4 rings (SSSR count). The molecule has 1 aliphatic carbocycles. The molecular formula is C21H31N3. The van der Waals surface area contributed by atoms with Gasteiger partial charge in [0, 0.05) is 55.6 Å². The van der Waals surface area contributed by atoms with Crippen molar-refractivity contribution in [3.05, 3.63) is 34.7 Å². The van der Waals surface area contributed by atoms with E-state index in [1.807, 2.05) is 0 Å². The molecular weight excluding hydrogens is 294 g/mol. The standard InChI is InChI=1S/C21H31N3/c1-15-4-7-20-18(12-15)19-14-23(3)10-9-21(19)24(20)11-8-17-6-5-16(2)22-13-17/h4,7,13,16-18H,5-6,8-12,14H2,1-3H3. The largest absolute Gasteiger partial charge is 0.348 e. The van der Waals surface area contributed by atoms with E-state index < -0.39 is 0 Å². The van der Waals surface area contributed by atoms with Gasteiger partial charge in [-0.25, -0.2) is 0 Å². The van der Waals surface area contributed by atoms with Crippen molar-refractivity contribution in [1.29, 1.82) is 0 Å². The molecule has 3 unspecified atom stereocenters. The van der Waals surface area contributed by atoms with E-state index in [1.165, 1.54) is 50.8 Å². The minimum atomic E-state index is 0.537. The maximum absolute atomic E-state index is 4.65. The van der Waals surface area contributed by atoms with Gasteiger partial charge in [0.15, 0.2) is 0 Å². The van der Waals surface area contributed by atoms with E-state index in [0.717, 1.165) is 6.54 Å². The molecule has 4 aliphatic rings. The summed E-state index contributed by atoms with van der Waals surface area (Å²) < 4.78 is 0. The average molecular weight is 326 g/mol. The molecule has 130 valence electrons. The summed E-state index contributed by atoms with van der Waals surface area (Å²) in [6.07, 6.45) is 13.2. The summed E-state index contributed by atoms with van der Waals surface area (Å²) in [4.78, 5) is 9.82. The summed E-state index contributed by atoms with van der Waals surface area (Å²) in [5.41, 5.74) is 6.45. The van der Waals surface area contributed by atoms with Gasteiger partial charge in [-0.2, -0.15) is 0 Å². The van der Waals surface area contributed by atoms with Gasteiger partial charge in [0.1, 0.15) is 0 Å². The van der Waals surface area contributed by atoms with E-state index in [9.17, 15) is 0 Å². The Hall–Kier alpha value is -1.35. The number of nitrogens with zero attached hydrogens (tertiary/aromatic N) is 3. The highest BCUT2D eigenvalue weighted by atomic mass is 15.2. The Morgan fingerprint density at radius 1 is 1.25 bits per heavy atom. The van der Waals surface area contributed by atoms with Crippen LogP contribution in [0, 0.1) is 11.8 Å². The quantitative estimate of drug-likeness (QED) is 0.781. The van der Waals surface area contributed by atoms with Gasteiger partial charge >= 0.3 is 0 Å². The van der Waals surface area contributed by atoms with Crippen LogP contribution < -0.4 is 0 Å². The van der Waals surface area contributed by atoms with Crippen LogP contribution >= 0.6 is 0 Å². The van der Waals surface area contributed by atoms with E-state index in [4.69, 9.17) is 0 Å². The van der Waals surface area contributed by atoms with E-state index >= 15 is 0 Å². The van der Waals surface area contributed by atoms with Crippen molar-refractivity contribution in [2.45, 2.75) is 52.0 Å². The minimum Gasteiger partial charge on any atom is -0.348 e. The lowest BCUT2D eigenvalue weighted by Crippen LogP contribution is -2.31. The first-order valence-corrected chi connectivity index (χ1v) is 9.70. The molecule has 0 fully saturated rings. The van der Waals surface area contributed by atoms with Crippen LogP contribution in [0.15, 0.2) is 39.7 Å². The Labute approximate surface area is 146 Å². The molecule has 0 spiro atoms. The molecule has 3 aliphatic heterocycles. The number of fused-ring (bicyclic) bond motifs is 2. The Balaban J connectivity index is 1.53. The van der Waals surface area contributed by atoms with Crippen molar-refractivity contribution in [3.63, 3.8) is 0 Å². The normalized spacial score (nSPS) is 33.3. The average Bonchev–Trinajstić information content (AvgIpc) is 2.87. The zero-order valence-electron chi connectivity index (χ0n) is 15.5. The van der Waals surface area contributed by atoms with Crippen molar-refractivity contribution in [2.75, 3.05) is 26.7 Å². The fraction of sp³-hybridized carbons (Fsp3) is 0.667. The first-order chi connectivity index (χ1) is 11.6. The van der Waals surface area contributed by atoms with Crippen molar-refractivity contribution >= 4 is 6.21 Å². The fourth-order valence-corrected chi connectivity index (χ4v) is 4.76. The van der Waals surface area contributed by atoms with E-state index in [1.54, 1.807) is 17.0 Å². The lowest BCUT2D eigenvalue weighted by Gasteiger charge is -2.30. The smallest absolute Gasteiger partial charge is 0.0467 e. The fourth-order valence-electron chi connectivity index (χ4n) is 4.76. The first kappa shape index (κ1) is 16.1. The van der Waals surface area contributed by atoms with Crippen LogP contribution in [0.4, 0.5) is 0 Å². The number of aliphatic imine (C=N–C) groups is 1. The predicted octanol–water partition coefficient (Wildman–Crippen LogP) is 4.00. The number of hydrogen-bond acceptors (Lipinski definition) is 3. The van der Waals surface area contributed by atoms with Gasteiger partial charge in [-0.3, -0.25) is 4.99 Å². The Morgan fingerprint density at radius 3 is 2.92 bits per heavy atom. The molecule has 0 saturated carbocycles. The SMILES string of the molecule is CC1=CC=C2C(C1)C1=C(CCN(C)C1)N2CCC1C=NC(C)CC1. The molecule has 0 saturated heterocycles. The summed E-state index contributed by atoms with van der Waals surface area (Å²) in [5.74, 6) is 1.32. The zero-order chi connectivity index (χ0) is 16.7. The highest BCUT2D eigenvalue weighted by molar-refractivity contribution is 5.61. The Bertz CT molecular complexity index is 625. The summed E-state index contributed by atoms with van der Waals surface area (Å²) in [5, 5.41) is 0. The third-order valence-corrected chi connectivity index (χ3v) is 6.25. The second-order valence-corrected chi connectivity index (χ2v) is 8.25. The maximum atomic E-state index is 4.65. The van der Waals surface area contributed by atoms with Gasteiger partial charge in [-0.15, -0.1) is 0 Å². The summed E-state index contributed by atoms with van der Waals surface area (Å²) in [6.45, 7) is 8.04. The molecule has 3 nitrogen and oxygen atoms in total. The molecule has 0 aromatic rings. The van der Waals surface area contributed by atoms with Gasteiger partial charge in [0.2, 0.25) is 0 Å². The molecule has 24 heavy (non-hydrogen) atoms. The maximum Gasteiger partial charge on any atom is 0.0467 e. The van der Waals surface area contributed by atoms with Crippen LogP contribution in [0.25, 0.3) is 0 Å². The monoisotopic (exact) mass is 325 g/mol. The highest BCUT2D eigenvalue weighted by Crippen LogP contribution is 2.45. The Morgan fingerprint density at radius 2 is 2.12 bits per heavy atom. The lowest BCUT2D eigenvalue weighted by molar-refractivity contribution is 0.315. The Kier molecular flexibility index (Phi) is 4.38. The van der Waals surface area contributed by atoms with Crippen LogP contribution in [-0.4, -0.2) is 48.7 Å². The van der Waals surface area contributed by atoms with Crippen molar-refractivity contribution < 1.29 is 0 Å². The number of rotatable bonds is 3. The number of allylic oxidation sites excluding steroid dienone is 4. The highest BCUT2D eigenvalue weighted by Gasteiger charge is 2.38. The van der Waals surface area contributed by atoms with E-state index in [-0.39, 0.29) is 0 Å². The van der Waals surface area contributed by atoms with E-state index in [2.05, 4.69) is 54.1 Å². The zero-order valence-corrected chi connectivity index (χ0v) is 15.5. The van der Waals surface area contributed by atoms with Crippen molar-refractivity contribution in [2.24, 2.45) is 16.8 Å². The molecule has 0 amide bonds. The second kappa shape index (κ2) is 6.51. The number of hydrogen-bond donors (Lipinski definition) is 0. The van der Waals surface area contributed by atoms with Crippen LogP contribution in [0.2, 0.25) is 0 Å². The predicted molar refractivity (Wildman–Crippen MR) is 101 cm³/mol. The van der Waals surface area contributed by atoms with Crippen molar-refractivity contribution in [1.82, 2.24) is 9.80 Å². The topological polar surface area (TPSA) is 18.8 Å². The molecule has 0 N–H and O–H groups in total. The summed E-state index contributed by atoms with van der Waals surface area (Å²) in [7, 11) is 2.26. The minimum absolute atomic E-state index is 0.537.